The molecule has 21 heavy (non-hydrogen) atoms. The van der Waals surface area contributed by atoms with E-state index in [1.165, 1.54) is 5.56 Å². The van der Waals surface area contributed by atoms with Gasteiger partial charge in [0, 0.05) is 19.3 Å². The molecule has 0 radical (unpaired) electrons. The maximum absolute atomic E-state index is 12.7. The van der Waals surface area contributed by atoms with E-state index < -0.39 is 0 Å². The van der Waals surface area contributed by atoms with Crippen molar-refractivity contribution in [1.82, 2.24) is 9.88 Å². The zero-order valence-corrected chi connectivity index (χ0v) is 12.0. The van der Waals surface area contributed by atoms with Crippen molar-refractivity contribution < 1.29 is 9.53 Å². The van der Waals surface area contributed by atoms with E-state index >= 15 is 0 Å². The van der Waals surface area contributed by atoms with Crippen molar-refractivity contribution in [2.24, 2.45) is 0 Å². The standard InChI is InChI=1S/C17H20N2O2/c20-17(16-7-4-10-18-16)19(15-9-12-21-13-15)11-8-14-5-2-1-3-6-14/h1-7,10,15,18H,8-9,11-13H2/t15-/m1/s1. The van der Waals surface area contributed by atoms with E-state index in [1.54, 1.807) is 6.20 Å². The van der Waals surface area contributed by atoms with Crippen LogP contribution >= 0.6 is 0 Å². The summed E-state index contributed by atoms with van der Waals surface area (Å²) in [6.07, 6.45) is 3.57. The first-order valence-electron chi connectivity index (χ1n) is 7.40. The quantitative estimate of drug-likeness (QED) is 0.917. The number of carbonyl (C=O) groups is 1. The van der Waals surface area contributed by atoms with Crippen LogP contribution in [-0.2, 0) is 11.2 Å². The molecule has 4 nitrogen and oxygen atoms in total. The second-order valence-corrected chi connectivity index (χ2v) is 5.34. The van der Waals surface area contributed by atoms with Gasteiger partial charge in [-0.05, 0) is 30.5 Å². The van der Waals surface area contributed by atoms with Crippen LogP contribution in [0.4, 0.5) is 0 Å². The van der Waals surface area contributed by atoms with E-state index in [1.807, 2.05) is 35.2 Å². The van der Waals surface area contributed by atoms with Gasteiger partial charge in [0.1, 0.15) is 5.69 Å². The van der Waals surface area contributed by atoms with Crippen molar-refractivity contribution in [1.29, 1.82) is 0 Å². The fraction of sp³-hybridized carbons (Fsp3) is 0.353. The van der Waals surface area contributed by atoms with Gasteiger partial charge in [-0.25, -0.2) is 0 Å². The van der Waals surface area contributed by atoms with E-state index in [2.05, 4.69) is 17.1 Å². The third kappa shape index (κ3) is 3.34. The van der Waals surface area contributed by atoms with Gasteiger partial charge >= 0.3 is 0 Å². The third-order valence-electron chi connectivity index (χ3n) is 3.92. The summed E-state index contributed by atoms with van der Waals surface area (Å²) in [5.74, 6) is 0.0615. The first-order valence-corrected chi connectivity index (χ1v) is 7.40. The van der Waals surface area contributed by atoms with E-state index in [-0.39, 0.29) is 11.9 Å². The van der Waals surface area contributed by atoms with Crippen LogP contribution in [-0.4, -0.2) is 41.6 Å². The molecule has 2 heterocycles. The van der Waals surface area contributed by atoms with Crippen molar-refractivity contribution in [2.45, 2.75) is 18.9 Å². The smallest absolute Gasteiger partial charge is 0.270 e. The van der Waals surface area contributed by atoms with Gasteiger partial charge in [-0.2, -0.15) is 0 Å². The molecule has 0 aliphatic carbocycles. The molecule has 1 aromatic carbocycles. The van der Waals surface area contributed by atoms with Gasteiger partial charge in [0.05, 0.1) is 12.6 Å². The van der Waals surface area contributed by atoms with Gasteiger partial charge < -0.3 is 14.6 Å². The van der Waals surface area contributed by atoms with Crippen molar-refractivity contribution in [3.8, 4) is 0 Å². The Morgan fingerprint density at radius 3 is 2.76 bits per heavy atom. The number of amides is 1. The molecule has 0 bridgehead atoms. The highest BCUT2D eigenvalue weighted by Crippen LogP contribution is 2.16. The van der Waals surface area contributed by atoms with Crippen molar-refractivity contribution in [2.75, 3.05) is 19.8 Å². The topological polar surface area (TPSA) is 45.3 Å². The molecule has 1 fully saturated rings. The molecule has 1 N–H and O–H groups in total. The zero-order valence-electron chi connectivity index (χ0n) is 12.0. The SMILES string of the molecule is O=C(c1ccc[nH]1)N(CCc1ccccc1)[C@@H]1CCOC1. The minimum absolute atomic E-state index is 0.0615. The summed E-state index contributed by atoms with van der Waals surface area (Å²) in [6.45, 7) is 2.10. The van der Waals surface area contributed by atoms with Crippen molar-refractivity contribution >= 4 is 5.91 Å². The first kappa shape index (κ1) is 13.9. The van der Waals surface area contributed by atoms with Crippen LogP contribution in [0.25, 0.3) is 0 Å². The molecule has 110 valence electrons. The number of hydrogen-bond donors (Lipinski definition) is 1. The molecule has 0 spiro atoms. The van der Waals surface area contributed by atoms with Gasteiger partial charge in [0.2, 0.25) is 0 Å². The normalized spacial score (nSPS) is 17.8. The third-order valence-corrected chi connectivity index (χ3v) is 3.92. The molecule has 3 rings (SSSR count). The minimum atomic E-state index is 0.0615. The molecule has 1 aliphatic heterocycles. The number of ether oxygens (including phenoxy) is 1. The number of carbonyl (C=O) groups excluding carboxylic acids is 1. The van der Waals surface area contributed by atoms with Crippen LogP contribution in [0.1, 0.15) is 22.5 Å². The molecule has 1 amide bonds. The fourth-order valence-corrected chi connectivity index (χ4v) is 2.73. The lowest BCUT2D eigenvalue weighted by Gasteiger charge is -2.27. The average molecular weight is 284 g/mol. The van der Waals surface area contributed by atoms with Crippen LogP contribution < -0.4 is 0 Å². The Bertz CT molecular complexity index is 560. The number of nitrogens with zero attached hydrogens (tertiary/aromatic N) is 1. The fourth-order valence-electron chi connectivity index (χ4n) is 2.73. The summed E-state index contributed by atoms with van der Waals surface area (Å²) in [6, 6.07) is 14.1. The molecule has 0 unspecified atom stereocenters. The Morgan fingerprint density at radius 2 is 2.10 bits per heavy atom. The Labute approximate surface area is 124 Å². The summed E-state index contributed by atoms with van der Waals surface area (Å²) >= 11 is 0. The molecular weight excluding hydrogens is 264 g/mol. The highest BCUT2D eigenvalue weighted by molar-refractivity contribution is 5.92. The molecule has 2 aromatic rings. The van der Waals surface area contributed by atoms with Crippen LogP contribution in [0.15, 0.2) is 48.7 Å². The molecule has 0 saturated carbocycles. The largest absolute Gasteiger partial charge is 0.379 e. The number of rotatable bonds is 5. The highest BCUT2D eigenvalue weighted by atomic mass is 16.5. The highest BCUT2D eigenvalue weighted by Gasteiger charge is 2.28. The second-order valence-electron chi connectivity index (χ2n) is 5.34. The van der Waals surface area contributed by atoms with E-state index in [4.69, 9.17) is 4.74 Å². The zero-order chi connectivity index (χ0) is 14.5. The lowest BCUT2D eigenvalue weighted by molar-refractivity contribution is 0.0651. The Balaban J connectivity index is 1.71. The van der Waals surface area contributed by atoms with E-state index in [0.29, 0.717) is 12.3 Å². The van der Waals surface area contributed by atoms with Gasteiger partial charge in [-0.15, -0.1) is 0 Å². The number of aromatic nitrogens is 1. The number of H-pyrrole nitrogens is 1. The van der Waals surface area contributed by atoms with Gasteiger partial charge in [0.15, 0.2) is 0 Å². The van der Waals surface area contributed by atoms with Crippen LogP contribution in [0.5, 0.6) is 0 Å². The second kappa shape index (κ2) is 6.59. The molecule has 4 heteroatoms. The van der Waals surface area contributed by atoms with E-state index in [0.717, 1.165) is 26.0 Å². The number of nitrogens with one attached hydrogen (secondary N) is 1. The van der Waals surface area contributed by atoms with Crippen molar-refractivity contribution in [3.63, 3.8) is 0 Å². The lowest BCUT2D eigenvalue weighted by Crippen LogP contribution is -2.42. The summed E-state index contributed by atoms with van der Waals surface area (Å²) in [7, 11) is 0. The van der Waals surface area contributed by atoms with E-state index in [9.17, 15) is 4.79 Å². The monoisotopic (exact) mass is 284 g/mol. The minimum Gasteiger partial charge on any atom is -0.379 e. The maximum atomic E-state index is 12.7. The molecule has 1 aliphatic rings. The molecular formula is C17H20N2O2. The van der Waals surface area contributed by atoms with Crippen LogP contribution in [0.2, 0.25) is 0 Å². The van der Waals surface area contributed by atoms with Gasteiger partial charge in [0.25, 0.3) is 5.91 Å². The predicted molar refractivity (Wildman–Crippen MR) is 81.2 cm³/mol. The summed E-state index contributed by atoms with van der Waals surface area (Å²) in [5.41, 5.74) is 1.90. The Kier molecular flexibility index (Phi) is 4.36. The Hall–Kier alpha value is -2.07. The molecule has 1 saturated heterocycles. The summed E-state index contributed by atoms with van der Waals surface area (Å²) in [4.78, 5) is 17.6. The van der Waals surface area contributed by atoms with Gasteiger partial charge in [-0.3, -0.25) is 4.79 Å². The number of aromatic amines is 1. The van der Waals surface area contributed by atoms with Crippen LogP contribution in [0, 0.1) is 0 Å². The predicted octanol–water partition coefficient (Wildman–Crippen LogP) is 2.49. The number of hydrogen-bond acceptors (Lipinski definition) is 2. The van der Waals surface area contributed by atoms with Crippen LogP contribution in [0.3, 0.4) is 0 Å². The maximum Gasteiger partial charge on any atom is 0.270 e. The Morgan fingerprint density at radius 1 is 1.24 bits per heavy atom. The van der Waals surface area contributed by atoms with Gasteiger partial charge in [-0.1, -0.05) is 30.3 Å². The molecule has 1 aromatic heterocycles. The first-order chi connectivity index (χ1) is 10.3. The summed E-state index contributed by atoms with van der Waals surface area (Å²) < 4.78 is 5.45. The summed E-state index contributed by atoms with van der Waals surface area (Å²) in [5, 5.41) is 0. The van der Waals surface area contributed by atoms with Crippen molar-refractivity contribution in [3.05, 3.63) is 59.9 Å². The average Bonchev–Trinajstić information content (AvgIpc) is 3.22. The number of benzene rings is 1. The molecule has 1 atom stereocenters. The lowest BCUT2D eigenvalue weighted by atomic mass is 10.1.